The molecule has 120 valence electrons. The minimum Gasteiger partial charge on any atom is -0.462 e. The van der Waals surface area contributed by atoms with Gasteiger partial charge in [-0.2, -0.15) is 0 Å². The van der Waals surface area contributed by atoms with Crippen molar-refractivity contribution in [1.29, 1.82) is 0 Å². The van der Waals surface area contributed by atoms with Crippen molar-refractivity contribution in [2.75, 3.05) is 29.9 Å². The normalized spacial score (nSPS) is 13.9. The van der Waals surface area contributed by atoms with E-state index >= 15 is 0 Å². The van der Waals surface area contributed by atoms with Gasteiger partial charge in [0.15, 0.2) is 0 Å². The average molecular weight is 311 g/mol. The summed E-state index contributed by atoms with van der Waals surface area (Å²) in [6.45, 7) is 4.43. The molecule has 0 unspecified atom stereocenters. The van der Waals surface area contributed by atoms with Gasteiger partial charge in [0, 0.05) is 30.7 Å². The summed E-state index contributed by atoms with van der Waals surface area (Å²) in [7, 11) is 0. The monoisotopic (exact) mass is 311 g/mol. The highest BCUT2D eigenvalue weighted by Gasteiger charge is 2.12. The molecule has 1 aromatic carbocycles. The third-order valence-electron chi connectivity index (χ3n) is 3.89. The Hall–Kier alpha value is -2.56. The molecule has 0 amide bonds. The van der Waals surface area contributed by atoms with Crippen LogP contribution in [0.5, 0.6) is 0 Å². The molecule has 0 atom stereocenters. The standard InChI is InChI=1S/C18H21N3O2/c1-2-23-18(22)14-5-10-17(19-13-14)20-15-6-8-16(9-7-15)21-11-3-4-12-21/h5-10,13H,2-4,11-12H2,1H3,(H,19,20). The molecule has 1 fully saturated rings. The Morgan fingerprint density at radius 1 is 1.17 bits per heavy atom. The Labute approximate surface area is 136 Å². The molecule has 0 spiro atoms. The summed E-state index contributed by atoms with van der Waals surface area (Å²) in [5.41, 5.74) is 2.70. The number of aromatic nitrogens is 1. The zero-order valence-corrected chi connectivity index (χ0v) is 13.3. The number of esters is 1. The molecular formula is C18H21N3O2. The summed E-state index contributed by atoms with van der Waals surface area (Å²) in [6, 6.07) is 11.8. The highest BCUT2D eigenvalue weighted by atomic mass is 16.5. The number of nitrogens with zero attached hydrogens (tertiary/aromatic N) is 2. The van der Waals surface area contributed by atoms with Crippen molar-refractivity contribution < 1.29 is 9.53 Å². The molecule has 2 aromatic rings. The summed E-state index contributed by atoms with van der Waals surface area (Å²) in [5, 5.41) is 3.24. The first-order valence-corrected chi connectivity index (χ1v) is 8.01. The van der Waals surface area contributed by atoms with Gasteiger partial charge in [0.05, 0.1) is 12.2 Å². The smallest absolute Gasteiger partial charge is 0.339 e. The molecule has 1 N–H and O–H groups in total. The number of anilines is 3. The lowest BCUT2D eigenvalue weighted by Gasteiger charge is -2.17. The number of hydrogen-bond donors (Lipinski definition) is 1. The molecule has 1 aliphatic heterocycles. The van der Waals surface area contributed by atoms with Crippen LogP contribution in [0.2, 0.25) is 0 Å². The number of hydrogen-bond acceptors (Lipinski definition) is 5. The van der Waals surface area contributed by atoms with Gasteiger partial charge >= 0.3 is 5.97 Å². The van der Waals surface area contributed by atoms with Crippen LogP contribution in [-0.4, -0.2) is 30.6 Å². The van der Waals surface area contributed by atoms with E-state index in [4.69, 9.17) is 4.74 Å². The molecule has 1 aromatic heterocycles. The zero-order valence-electron chi connectivity index (χ0n) is 13.3. The topological polar surface area (TPSA) is 54.5 Å². The van der Waals surface area contributed by atoms with Gasteiger partial charge < -0.3 is 15.0 Å². The van der Waals surface area contributed by atoms with E-state index < -0.39 is 0 Å². The minimum absolute atomic E-state index is 0.346. The van der Waals surface area contributed by atoms with Crippen LogP contribution in [0, 0.1) is 0 Å². The second-order valence-electron chi connectivity index (χ2n) is 5.52. The van der Waals surface area contributed by atoms with Crippen LogP contribution in [0.3, 0.4) is 0 Å². The second kappa shape index (κ2) is 7.13. The van der Waals surface area contributed by atoms with Crippen LogP contribution in [0.25, 0.3) is 0 Å². The largest absolute Gasteiger partial charge is 0.462 e. The Balaban J connectivity index is 1.63. The maximum atomic E-state index is 11.6. The number of rotatable bonds is 5. The van der Waals surface area contributed by atoms with E-state index in [1.54, 1.807) is 19.1 Å². The van der Waals surface area contributed by atoms with Crippen molar-refractivity contribution >= 4 is 23.2 Å². The van der Waals surface area contributed by atoms with Crippen LogP contribution in [-0.2, 0) is 4.74 Å². The minimum atomic E-state index is -0.346. The van der Waals surface area contributed by atoms with Crippen molar-refractivity contribution in [3.05, 3.63) is 48.2 Å². The molecule has 1 saturated heterocycles. The number of benzene rings is 1. The lowest BCUT2D eigenvalue weighted by molar-refractivity contribution is 0.0526. The van der Waals surface area contributed by atoms with E-state index in [-0.39, 0.29) is 5.97 Å². The maximum Gasteiger partial charge on any atom is 0.339 e. The van der Waals surface area contributed by atoms with Gasteiger partial charge in [-0.3, -0.25) is 0 Å². The Bertz CT molecular complexity index is 647. The molecule has 3 rings (SSSR count). The highest BCUT2D eigenvalue weighted by Crippen LogP contribution is 2.23. The molecule has 5 nitrogen and oxygen atoms in total. The van der Waals surface area contributed by atoms with E-state index in [0.717, 1.165) is 18.8 Å². The first kappa shape index (κ1) is 15.3. The molecule has 0 saturated carbocycles. The second-order valence-corrected chi connectivity index (χ2v) is 5.52. The fourth-order valence-corrected chi connectivity index (χ4v) is 2.68. The van der Waals surface area contributed by atoms with Gasteiger partial charge in [-0.25, -0.2) is 9.78 Å². The maximum absolute atomic E-state index is 11.6. The van der Waals surface area contributed by atoms with E-state index in [1.807, 2.05) is 0 Å². The van der Waals surface area contributed by atoms with E-state index in [2.05, 4.69) is 39.5 Å². The number of carbonyl (C=O) groups is 1. The van der Waals surface area contributed by atoms with Crippen molar-refractivity contribution in [2.45, 2.75) is 19.8 Å². The highest BCUT2D eigenvalue weighted by molar-refractivity contribution is 5.89. The molecule has 0 bridgehead atoms. The fourth-order valence-electron chi connectivity index (χ4n) is 2.68. The van der Waals surface area contributed by atoms with Crippen LogP contribution < -0.4 is 10.2 Å². The van der Waals surface area contributed by atoms with Gasteiger partial charge in [-0.05, 0) is 56.2 Å². The van der Waals surface area contributed by atoms with Gasteiger partial charge in [-0.15, -0.1) is 0 Å². The molecular weight excluding hydrogens is 290 g/mol. The van der Waals surface area contributed by atoms with Gasteiger partial charge in [0.1, 0.15) is 5.82 Å². The fraction of sp³-hybridized carbons (Fsp3) is 0.333. The van der Waals surface area contributed by atoms with E-state index in [1.165, 1.54) is 24.7 Å². The first-order valence-electron chi connectivity index (χ1n) is 8.01. The third kappa shape index (κ3) is 3.80. The molecule has 5 heteroatoms. The molecule has 0 radical (unpaired) electrons. The van der Waals surface area contributed by atoms with E-state index in [0.29, 0.717) is 18.0 Å². The quantitative estimate of drug-likeness (QED) is 0.855. The number of ether oxygens (including phenoxy) is 1. The predicted molar refractivity (Wildman–Crippen MR) is 91.4 cm³/mol. The molecule has 0 aliphatic carbocycles. The van der Waals surface area contributed by atoms with Crippen molar-refractivity contribution in [1.82, 2.24) is 4.98 Å². The summed E-state index contributed by atoms with van der Waals surface area (Å²) >= 11 is 0. The van der Waals surface area contributed by atoms with Crippen LogP contribution in [0.1, 0.15) is 30.1 Å². The summed E-state index contributed by atoms with van der Waals surface area (Å²) in [6.07, 6.45) is 4.08. The van der Waals surface area contributed by atoms with Crippen molar-refractivity contribution in [3.8, 4) is 0 Å². The van der Waals surface area contributed by atoms with Crippen LogP contribution in [0.15, 0.2) is 42.6 Å². The molecule has 23 heavy (non-hydrogen) atoms. The summed E-state index contributed by atoms with van der Waals surface area (Å²) in [5.74, 6) is 0.355. The number of carbonyl (C=O) groups excluding carboxylic acids is 1. The Morgan fingerprint density at radius 2 is 1.91 bits per heavy atom. The molecule has 2 heterocycles. The zero-order chi connectivity index (χ0) is 16.1. The van der Waals surface area contributed by atoms with Crippen LogP contribution >= 0.6 is 0 Å². The Morgan fingerprint density at radius 3 is 2.52 bits per heavy atom. The van der Waals surface area contributed by atoms with Crippen molar-refractivity contribution in [2.24, 2.45) is 0 Å². The SMILES string of the molecule is CCOC(=O)c1ccc(Nc2ccc(N3CCCC3)cc2)nc1. The predicted octanol–water partition coefficient (Wildman–Crippen LogP) is 3.60. The lowest BCUT2D eigenvalue weighted by atomic mass is 10.2. The van der Waals surface area contributed by atoms with Gasteiger partial charge in [0.25, 0.3) is 0 Å². The number of nitrogens with one attached hydrogen (secondary N) is 1. The molecule has 1 aliphatic rings. The lowest BCUT2D eigenvalue weighted by Crippen LogP contribution is -2.17. The van der Waals surface area contributed by atoms with Crippen molar-refractivity contribution in [3.63, 3.8) is 0 Å². The first-order chi connectivity index (χ1) is 11.3. The average Bonchev–Trinajstić information content (AvgIpc) is 3.11. The third-order valence-corrected chi connectivity index (χ3v) is 3.89. The van der Waals surface area contributed by atoms with Gasteiger partial charge in [-0.1, -0.05) is 0 Å². The summed E-state index contributed by atoms with van der Waals surface area (Å²) < 4.78 is 4.94. The Kier molecular flexibility index (Phi) is 4.76. The van der Waals surface area contributed by atoms with Gasteiger partial charge in [0.2, 0.25) is 0 Å². The van der Waals surface area contributed by atoms with E-state index in [9.17, 15) is 4.79 Å². The number of pyridine rings is 1. The summed E-state index contributed by atoms with van der Waals surface area (Å²) in [4.78, 5) is 18.2. The van der Waals surface area contributed by atoms with Crippen LogP contribution in [0.4, 0.5) is 17.2 Å².